The van der Waals surface area contributed by atoms with E-state index in [2.05, 4.69) is 15.2 Å². The highest BCUT2D eigenvalue weighted by atomic mass is 32.2. The van der Waals surface area contributed by atoms with E-state index >= 15 is 0 Å². The molecule has 3 rings (SSSR count). The SMILES string of the molecule is Cc1nnc(SCC(=O)N2CC[C@@H]2c2ccc(F)cc2)[nH]c1=O. The Kier molecular flexibility index (Phi) is 4.42. The Hall–Kier alpha value is -2.22. The van der Waals surface area contributed by atoms with Crippen LogP contribution in [-0.2, 0) is 4.79 Å². The topological polar surface area (TPSA) is 79.0 Å². The molecule has 0 spiro atoms. The Morgan fingerprint density at radius 3 is 2.74 bits per heavy atom. The molecule has 1 saturated heterocycles. The maximum atomic E-state index is 13.0. The zero-order chi connectivity index (χ0) is 16.4. The van der Waals surface area contributed by atoms with E-state index in [1.54, 1.807) is 24.0 Å². The summed E-state index contributed by atoms with van der Waals surface area (Å²) in [5, 5.41) is 7.90. The summed E-state index contributed by atoms with van der Waals surface area (Å²) in [4.78, 5) is 28.1. The molecule has 23 heavy (non-hydrogen) atoms. The molecule has 1 aliphatic rings. The molecule has 120 valence electrons. The van der Waals surface area contributed by atoms with E-state index in [-0.39, 0.29) is 29.1 Å². The van der Waals surface area contributed by atoms with Crippen LogP contribution in [0, 0.1) is 12.7 Å². The third-order valence-electron chi connectivity index (χ3n) is 3.77. The number of aromatic amines is 1. The van der Waals surface area contributed by atoms with Crippen molar-refractivity contribution in [2.45, 2.75) is 24.5 Å². The van der Waals surface area contributed by atoms with Crippen LogP contribution in [0.15, 0.2) is 34.2 Å². The lowest BCUT2D eigenvalue weighted by molar-refractivity contribution is -0.136. The number of halogens is 1. The number of aromatic nitrogens is 3. The molecular weight excluding hydrogens is 319 g/mol. The molecule has 0 aliphatic carbocycles. The van der Waals surface area contributed by atoms with Crippen molar-refractivity contribution in [1.82, 2.24) is 20.1 Å². The zero-order valence-electron chi connectivity index (χ0n) is 12.5. The number of benzene rings is 1. The minimum Gasteiger partial charge on any atom is -0.335 e. The van der Waals surface area contributed by atoms with E-state index < -0.39 is 0 Å². The number of rotatable bonds is 4. The van der Waals surface area contributed by atoms with Gasteiger partial charge in [0.15, 0.2) is 5.16 Å². The fraction of sp³-hybridized carbons (Fsp3) is 0.333. The quantitative estimate of drug-likeness (QED) is 0.861. The number of H-pyrrole nitrogens is 1. The van der Waals surface area contributed by atoms with Crippen LogP contribution in [-0.4, -0.2) is 38.3 Å². The Morgan fingerprint density at radius 2 is 2.13 bits per heavy atom. The molecule has 1 N–H and O–H groups in total. The Bertz CT molecular complexity index is 778. The van der Waals surface area contributed by atoms with Gasteiger partial charge in [0.25, 0.3) is 5.56 Å². The van der Waals surface area contributed by atoms with Gasteiger partial charge in [0.05, 0.1) is 11.8 Å². The minimum atomic E-state index is -0.303. The molecule has 0 bridgehead atoms. The first kappa shape index (κ1) is 15.7. The normalized spacial score (nSPS) is 17.0. The molecule has 2 aromatic rings. The van der Waals surface area contributed by atoms with Crippen molar-refractivity contribution in [2.24, 2.45) is 0 Å². The third-order valence-corrected chi connectivity index (χ3v) is 4.62. The van der Waals surface area contributed by atoms with Gasteiger partial charge in [0.1, 0.15) is 11.5 Å². The van der Waals surface area contributed by atoms with Crippen molar-refractivity contribution in [3.63, 3.8) is 0 Å². The van der Waals surface area contributed by atoms with Crippen molar-refractivity contribution < 1.29 is 9.18 Å². The summed E-state index contributed by atoms with van der Waals surface area (Å²) in [7, 11) is 0. The molecule has 6 nitrogen and oxygen atoms in total. The maximum absolute atomic E-state index is 13.0. The van der Waals surface area contributed by atoms with Crippen molar-refractivity contribution >= 4 is 17.7 Å². The number of hydrogen-bond acceptors (Lipinski definition) is 5. The van der Waals surface area contributed by atoms with E-state index in [4.69, 9.17) is 0 Å². The minimum absolute atomic E-state index is 0.00755. The van der Waals surface area contributed by atoms with Crippen LogP contribution in [0.25, 0.3) is 0 Å². The number of nitrogens with one attached hydrogen (secondary N) is 1. The molecule has 1 amide bonds. The predicted octanol–water partition coefficient (Wildman–Crippen LogP) is 1.68. The first-order valence-electron chi connectivity index (χ1n) is 7.16. The number of hydrogen-bond donors (Lipinski definition) is 1. The molecule has 0 radical (unpaired) electrons. The number of thioether (sulfide) groups is 1. The zero-order valence-corrected chi connectivity index (χ0v) is 13.3. The van der Waals surface area contributed by atoms with Gasteiger partial charge in [0.2, 0.25) is 5.91 Å². The standard InChI is InChI=1S/C15H15FN4O2S/c1-9-14(22)17-15(19-18-9)23-8-13(21)20-7-6-12(20)10-2-4-11(16)5-3-10/h2-5,12H,6-8H2,1H3,(H,17,19,22)/t12-/m1/s1. The first-order valence-corrected chi connectivity index (χ1v) is 8.14. The number of carbonyl (C=O) groups excluding carboxylic acids is 1. The molecule has 1 atom stereocenters. The lowest BCUT2D eigenvalue weighted by Crippen LogP contribution is -2.46. The fourth-order valence-electron chi connectivity index (χ4n) is 2.37. The second-order valence-electron chi connectivity index (χ2n) is 5.28. The van der Waals surface area contributed by atoms with Crippen LogP contribution in [0.3, 0.4) is 0 Å². The largest absolute Gasteiger partial charge is 0.335 e. The van der Waals surface area contributed by atoms with Crippen molar-refractivity contribution in [1.29, 1.82) is 0 Å². The molecule has 1 aliphatic heterocycles. The summed E-state index contributed by atoms with van der Waals surface area (Å²) in [5.41, 5.74) is 0.919. The van der Waals surface area contributed by atoms with Gasteiger partial charge < -0.3 is 4.90 Å². The van der Waals surface area contributed by atoms with Crippen LogP contribution < -0.4 is 5.56 Å². The average molecular weight is 334 g/mol. The Labute approximate surface area is 136 Å². The van der Waals surface area contributed by atoms with E-state index in [0.717, 1.165) is 23.7 Å². The summed E-state index contributed by atoms with van der Waals surface area (Å²) >= 11 is 1.15. The number of carbonyl (C=O) groups is 1. The van der Waals surface area contributed by atoms with Crippen LogP contribution in [0.5, 0.6) is 0 Å². The van der Waals surface area contributed by atoms with Crippen LogP contribution in [0.2, 0.25) is 0 Å². The highest BCUT2D eigenvalue weighted by Crippen LogP contribution is 2.33. The van der Waals surface area contributed by atoms with Crippen LogP contribution >= 0.6 is 11.8 Å². The summed E-state index contributed by atoms with van der Waals surface area (Å²) in [5.74, 6) is -0.159. The number of amides is 1. The van der Waals surface area contributed by atoms with E-state index in [0.29, 0.717) is 17.4 Å². The number of nitrogens with zero attached hydrogens (tertiary/aromatic N) is 3. The molecule has 2 heterocycles. The Balaban J connectivity index is 1.61. The number of aryl methyl sites for hydroxylation is 1. The fourth-order valence-corrected chi connectivity index (χ4v) is 3.06. The number of likely N-dealkylation sites (tertiary alicyclic amines) is 1. The van der Waals surface area contributed by atoms with Gasteiger partial charge in [-0.05, 0) is 31.0 Å². The maximum Gasteiger partial charge on any atom is 0.273 e. The molecule has 1 fully saturated rings. The smallest absolute Gasteiger partial charge is 0.273 e. The predicted molar refractivity (Wildman–Crippen MR) is 83.6 cm³/mol. The average Bonchev–Trinajstić information content (AvgIpc) is 2.49. The van der Waals surface area contributed by atoms with Crippen LogP contribution in [0.4, 0.5) is 4.39 Å². The molecule has 1 aromatic heterocycles. The van der Waals surface area contributed by atoms with Gasteiger partial charge in [-0.1, -0.05) is 23.9 Å². The molecule has 0 unspecified atom stereocenters. The summed E-state index contributed by atoms with van der Waals surface area (Å²) in [6.45, 7) is 2.25. The van der Waals surface area contributed by atoms with Crippen LogP contribution in [0.1, 0.15) is 23.7 Å². The summed E-state index contributed by atoms with van der Waals surface area (Å²) in [6, 6.07) is 6.20. The van der Waals surface area contributed by atoms with E-state index in [9.17, 15) is 14.0 Å². The molecular formula is C15H15FN4O2S. The molecule has 0 saturated carbocycles. The van der Waals surface area contributed by atoms with Gasteiger partial charge in [-0.2, -0.15) is 0 Å². The highest BCUT2D eigenvalue weighted by molar-refractivity contribution is 7.99. The summed E-state index contributed by atoms with van der Waals surface area (Å²) in [6.07, 6.45) is 0.864. The van der Waals surface area contributed by atoms with Crippen molar-refractivity contribution in [2.75, 3.05) is 12.3 Å². The molecule has 8 heteroatoms. The first-order chi connectivity index (χ1) is 11.0. The second-order valence-corrected chi connectivity index (χ2v) is 6.24. The highest BCUT2D eigenvalue weighted by Gasteiger charge is 2.33. The Morgan fingerprint density at radius 1 is 1.39 bits per heavy atom. The van der Waals surface area contributed by atoms with Gasteiger partial charge in [-0.15, -0.1) is 10.2 Å². The second kappa shape index (κ2) is 6.49. The van der Waals surface area contributed by atoms with Gasteiger partial charge >= 0.3 is 0 Å². The lowest BCUT2D eigenvalue weighted by Gasteiger charge is -2.41. The lowest BCUT2D eigenvalue weighted by atomic mass is 9.95. The van der Waals surface area contributed by atoms with Crippen molar-refractivity contribution in [3.8, 4) is 0 Å². The monoisotopic (exact) mass is 334 g/mol. The van der Waals surface area contributed by atoms with Gasteiger partial charge in [-0.25, -0.2) is 4.39 Å². The van der Waals surface area contributed by atoms with Gasteiger partial charge in [0, 0.05) is 6.54 Å². The van der Waals surface area contributed by atoms with E-state index in [1.807, 2.05) is 0 Å². The molecule has 1 aromatic carbocycles. The van der Waals surface area contributed by atoms with Gasteiger partial charge in [-0.3, -0.25) is 14.6 Å². The van der Waals surface area contributed by atoms with E-state index in [1.165, 1.54) is 12.1 Å². The van der Waals surface area contributed by atoms with Crippen molar-refractivity contribution in [3.05, 3.63) is 51.7 Å². The summed E-state index contributed by atoms with van der Waals surface area (Å²) < 4.78 is 13.0. The third kappa shape index (κ3) is 3.42.